The van der Waals surface area contributed by atoms with Gasteiger partial charge in [-0.15, -0.1) is 0 Å². The van der Waals surface area contributed by atoms with Gasteiger partial charge in [0.1, 0.15) is 11.5 Å². The molecule has 4 rings (SSSR count). The summed E-state index contributed by atoms with van der Waals surface area (Å²) in [4.78, 5) is 90.9. The van der Waals surface area contributed by atoms with Crippen molar-refractivity contribution in [2.75, 3.05) is 39.8 Å². The Labute approximate surface area is 312 Å². The summed E-state index contributed by atoms with van der Waals surface area (Å²) in [5.74, 6) is -3.23. The fraction of sp³-hybridized carbons (Fsp3) is 0.250. The van der Waals surface area contributed by atoms with E-state index in [0.717, 1.165) is 0 Å². The number of carbonyl (C=O) groups is 6. The smallest absolute Gasteiger partial charge is 0.412 e. The molecule has 14 heteroatoms. The molecule has 0 heterocycles. The second-order valence-corrected chi connectivity index (χ2v) is 11.1. The highest BCUT2D eigenvalue weighted by atomic mass is 17.2. The molecule has 0 spiro atoms. The highest BCUT2D eigenvalue weighted by molar-refractivity contribution is 6.17. The van der Waals surface area contributed by atoms with Gasteiger partial charge in [-0.25, -0.2) is 29.0 Å². The number of para-hydroxylation sites is 2. The first kappa shape index (κ1) is 40.1. The quantitative estimate of drug-likeness (QED) is 0.0517. The maximum atomic E-state index is 13.8. The van der Waals surface area contributed by atoms with Gasteiger partial charge < -0.3 is 18.9 Å². The summed E-state index contributed by atoms with van der Waals surface area (Å²) < 4.78 is 21.7. The summed E-state index contributed by atoms with van der Waals surface area (Å²) in [6, 6.07) is 24.1. The normalized spacial score (nSPS) is 10.4. The van der Waals surface area contributed by atoms with Crippen LogP contribution in [-0.4, -0.2) is 85.3 Å². The van der Waals surface area contributed by atoms with Crippen LogP contribution in [-0.2, 0) is 19.2 Å². The Balaban J connectivity index is 1.49. The van der Waals surface area contributed by atoms with Crippen LogP contribution in [0, 0.1) is 0 Å². The van der Waals surface area contributed by atoms with E-state index in [2.05, 4.69) is 0 Å². The predicted molar refractivity (Wildman–Crippen MR) is 193 cm³/mol. The molecule has 0 saturated carbocycles. The van der Waals surface area contributed by atoms with E-state index < -0.39 is 35.7 Å². The lowest BCUT2D eigenvalue weighted by Crippen LogP contribution is -2.35. The lowest BCUT2D eigenvalue weighted by molar-refractivity contribution is -0.187. The average molecular weight is 741 g/mol. The number of amides is 2. The van der Waals surface area contributed by atoms with Crippen LogP contribution in [0.25, 0.3) is 0 Å². The Morgan fingerprint density at radius 1 is 0.444 bits per heavy atom. The third kappa shape index (κ3) is 10.00. The van der Waals surface area contributed by atoms with Crippen molar-refractivity contribution in [3.05, 3.63) is 130 Å². The first-order valence-corrected chi connectivity index (χ1v) is 17.1. The fourth-order valence-electron chi connectivity index (χ4n) is 5.00. The fourth-order valence-corrected chi connectivity index (χ4v) is 5.00. The number of ketones is 2. The van der Waals surface area contributed by atoms with Crippen LogP contribution in [0.3, 0.4) is 0 Å². The van der Waals surface area contributed by atoms with Crippen molar-refractivity contribution in [3.8, 4) is 11.5 Å². The maximum Gasteiger partial charge on any atom is 0.412 e. The molecule has 0 atom stereocenters. The van der Waals surface area contributed by atoms with Crippen LogP contribution < -0.4 is 9.47 Å². The molecule has 2 amide bonds. The third-order valence-corrected chi connectivity index (χ3v) is 7.81. The van der Waals surface area contributed by atoms with Crippen LogP contribution in [0.4, 0.5) is 9.59 Å². The third-order valence-electron chi connectivity index (χ3n) is 7.81. The van der Waals surface area contributed by atoms with Crippen LogP contribution in [0.5, 0.6) is 11.5 Å². The Kier molecular flexibility index (Phi) is 14.7. The van der Waals surface area contributed by atoms with E-state index >= 15 is 0 Å². The molecule has 0 aliphatic heterocycles. The van der Waals surface area contributed by atoms with Crippen molar-refractivity contribution in [3.63, 3.8) is 0 Å². The van der Waals surface area contributed by atoms with Gasteiger partial charge in [-0.3, -0.25) is 19.4 Å². The van der Waals surface area contributed by atoms with E-state index in [9.17, 15) is 28.8 Å². The Bertz CT molecular complexity index is 1840. The molecular formula is C40H40N2O12. The molecule has 4 aromatic rings. The molecule has 0 aliphatic rings. The molecular weight excluding hydrogens is 700 g/mol. The zero-order valence-corrected chi connectivity index (χ0v) is 30.3. The molecule has 282 valence electrons. The van der Waals surface area contributed by atoms with E-state index in [0.29, 0.717) is 13.1 Å². The molecule has 14 nitrogen and oxygen atoms in total. The van der Waals surface area contributed by atoms with Crippen molar-refractivity contribution in [2.24, 2.45) is 0 Å². The average Bonchev–Trinajstić information content (AvgIpc) is 3.20. The first-order chi connectivity index (χ1) is 26.1. The lowest BCUT2D eigenvalue weighted by Gasteiger charge is -2.21. The van der Waals surface area contributed by atoms with Gasteiger partial charge in [-0.2, -0.15) is 0 Å². The first-order valence-electron chi connectivity index (χ1n) is 17.1. The summed E-state index contributed by atoms with van der Waals surface area (Å²) in [5, 5.41) is 0. The number of hydrogen-bond acceptors (Lipinski definition) is 12. The molecule has 0 aliphatic carbocycles. The van der Waals surface area contributed by atoms with Gasteiger partial charge >= 0.3 is 24.1 Å². The van der Waals surface area contributed by atoms with Crippen molar-refractivity contribution < 1.29 is 57.5 Å². The number of rotatable bonds is 16. The largest absolute Gasteiger partial charge is 0.472 e. The highest BCUT2D eigenvalue weighted by Gasteiger charge is 2.27. The monoisotopic (exact) mass is 740 g/mol. The summed E-state index contributed by atoms with van der Waals surface area (Å²) in [7, 11) is 0. The van der Waals surface area contributed by atoms with Gasteiger partial charge in [0.25, 0.3) is 0 Å². The molecule has 4 aromatic carbocycles. The molecule has 54 heavy (non-hydrogen) atoms. The van der Waals surface area contributed by atoms with Gasteiger partial charge in [0.05, 0.1) is 35.5 Å². The minimum absolute atomic E-state index is 0.0795. The molecule has 0 bridgehead atoms. The lowest BCUT2D eigenvalue weighted by atomic mass is 9.97. The van der Waals surface area contributed by atoms with Crippen LogP contribution in [0.1, 0.15) is 80.3 Å². The molecule has 0 saturated heterocycles. The number of nitrogens with zero attached hydrogens (tertiary/aromatic N) is 2. The molecule has 0 aromatic heterocycles. The predicted octanol–water partition coefficient (Wildman–Crippen LogP) is 6.71. The van der Waals surface area contributed by atoms with Crippen molar-refractivity contribution in [1.82, 2.24) is 9.80 Å². The van der Waals surface area contributed by atoms with Gasteiger partial charge in [0.15, 0.2) is 25.0 Å². The van der Waals surface area contributed by atoms with E-state index in [4.69, 9.17) is 28.7 Å². The molecule has 0 N–H and O–H groups in total. The zero-order valence-electron chi connectivity index (χ0n) is 30.3. The SMILES string of the molecule is CCOC(=O)N(CC)COc1ccccc1C(=O)c1ccccc1C(=O)OOC(=O)c1ccccc1C(=O)c1ccccc1OCN(CC)C(=O)OCC. The van der Waals surface area contributed by atoms with Gasteiger partial charge in [0, 0.05) is 24.2 Å². The summed E-state index contributed by atoms with van der Waals surface area (Å²) in [6.45, 7) is 7.40. The van der Waals surface area contributed by atoms with Crippen LogP contribution in [0.2, 0.25) is 0 Å². The number of hydrogen-bond donors (Lipinski definition) is 0. The topological polar surface area (TPSA) is 164 Å². The van der Waals surface area contributed by atoms with Gasteiger partial charge in [-0.05, 0) is 64.1 Å². The van der Waals surface area contributed by atoms with E-state index in [1.54, 1.807) is 76.2 Å². The molecule has 0 radical (unpaired) electrons. The molecule has 0 fully saturated rings. The Morgan fingerprint density at radius 3 is 1.09 bits per heavy atom. The highest BCUT2D eigenvalue weighted by Crippen LogP contribution is 2.26. The van der Waals surface area contributed by atoms with Crippen LogP contribution >= 0.6 is 0 Å². The molecule has 0 unspecified atom stereocenters. The minimum atomic E-state index is -1.16. The van der Waals surface area contributed by atoms with Crippen molar-refractivity contribution in [2.45, 2.75) is 27.7 Å². The zero-order chi connectivity index (χ0) is 39.0. The maximum absolute atomic E-state index is 13.8. The summed E-state index contributed by atoms with van der Waals surface area (Å²) in [6.07, 6.45) is -1.16. The number of carbonyl (C=O) groups excluding carboxylic acids is 6. The number of ether oxygens (including phenoxy) is 4. The second kappa shape index (κ2) is 19.8. The minimum Gasteiger partial charge on any atom is -0.472 e. The van der Waals surface area contributed by atoms with E-state index in [1.165, 1.54) is 58.3 Å². The van der Waals surface area contributed by atoms with E-state index in [-0.39, 0.29) is 71.6 Å². The summed E-state index contributed by atoms with van der Waals surface area (Å²) >= 11 is 0. The number of benzene rings is 4. The summed E-state index contributed by atoms with van der Waals surface area (Å²) in [5.41, 5.74) is -0.407. The van der Waals surface area contributed by atoms with Gasteiger partial charge in [-0.1, -0.05) is 60.7 Å². The Hall–Kier alpha value is -6.70. The van der Waals surface area contributed by atoms with E-state index in [1.807, 2.05) is 0 Å². The van der Waals surface area contributed by atoms with Crippen LogP contribution in [0.15, 0.2) is 97.1 Å². The van der Waals surface area contributed by atoms with Crippen molar-refractivity contribution in [1.29, 1.82) is 0 Å². The van der Waals surface area contributed by atoms with Crippen molar-refractivity contribution >= 4 is 35.7 Å². The second-order valence-electron chi connectivity index (χ2n) is 11.1. The van der Waals surface area contributed by atoms with Gasteiger partial charge in [0.2, 0.25) is 0 Å². The Morgan fingerprint density at radius 2 is 0.759 bits per heavy atom. The standard InChI is InChI=1S/C40H40N2O12/c1-5-41(39(47)49-7-3)25-51-33-23-15-13-21-31(33)35(43)27-17-9-11-19-29(27)37(45)53-54-38(46)30-20-12-10-18-28(30)36(44)32-22-14-16-24-34(32)52-26-42(6-2)40(48)50-8-4/h9-24H,5-8,25-26H2,1-4H3.